The first-order chi connectivity index (χ1) is 27.5. The van der Waals surface area contributed by atoms with E-state index in [0.717, 1.165) is 41.5 Å². The van der Waals surface area contributed by atoms with Crippen molar-refractivity contribution in [3.63, 3.8) is 0 Å². The molecule has 0 radical (unpaired) electrons. The number of benzene rings is 9. The highest BCUT2D eigenvalue weighted by molar-refractivity contribution is 6.27. The molecule has 1 saturated carbocycles. The van der Waals surface area contributed by atoms with Crippen LogP contribution in [-0.4, -0.2) is 42.0 Å². The molecule has 11 rings (SSSR count). The molecule has 1 N–H and O–H groups in total. The summed E-state index contributed by atoms with van der Waals surface area (Å²) in [6.07, 6.45) is 6.30. The van der Waals surface area contributed by atoms with Crippen molar-refractivity contribution in [2.75, 3.05) is 14.1 Å². The Morgan fingerprint density at radius 1 is 0.536 bits per heavy atom. The molecular formula is C52H41N3O. The molecule has 270 valence electrons. The summed E-state index contributed by atoms with van der Waals surface area (Å²) in [6, 6.07) is 51.7. The number of rotatable bonds is 6. The molecule has 0 spiro atoms. The van der Waals surface area contributed by atoms with E-state index in [1.54, 1.807) is 0 Å². The molecule has 1 fully saturated rings. The quantitative estimate of drug-likeness (QED) is 0.174. The highest BCUT2D eigenvalue weighted by Gasteiger charge is 2.28. The largest absolute Gasteiger partial charge is 0.346 e. The third-order valence-corrected chi connectivity index (χ3v) is 12.7. The lowest BCUT2D eigenvalue weighted by molar-refractivity contribution is 0.0878. The number of nitrogens with zero attached hydrogens (tertiary/aromatic N) is 2. The van der Waals surface area contributed by atoms with Crippen LogP contribution in [0.15, 0.2) is 146 Å². The molecule has 2 atom stereocenters. The zero-order chi connectivity index (χ0) is 37.5. The summed E-state index contributed by atoms with van der Waals surface area (Å²) in [5.41, 5.74) is 7.18. The van der Waals surface area contributed by atoms with Gasteiger partial charge in [-0.05, 0) is 144 Å². The van der Waals surface area contributed by atoms with E-state index in [-0.39, 0.29) is 11.9 Å². The molecule has 56 heavy (non-hydrogen) atoms. The average molecular weight is 724 g/mol. The van der Waals surface area contributed by atoms with Crippen molar-refractivity contribution >= 4 is 70.5 Å². The van der Waals surface area contributed by atoms with Gasteiger partial charge < -0.3 is 10.2 Å². The number of carbonyl (C=O) groups excluding carboxylic acids is 1. The summed E-state index contributed by atoms with van der Waals surface area (Å²) < 4.78 is 0. The summed E-state index contributed by atoms with van der Waals surface area (Å²) in [4.78, 5) is 20.6. The second-order valence-electron chi connectivity index (χ2n) is 16.1. The molecule has 4 nitrogen and oxygen atoms in total. The van der Waals surface area contributed by atoms with Crippen LogP contribution in [0.2, 0.25) is 0 Å². The molecule has 1 aromatic heterocycles. The Hall–Kier alpha value is -6.36. The molecule has 0 aliphatic heterocycles. The van der Waals surface area contributed by atoms with E-state index in [1.807, 2.05) is 12.3 Å². The van der Waals surface area contributed by atoms with Gasteiger partial charge in [-0.2, -0.15) is 0 Å². The fraction of sp³-hybridized carbons (Fsp3) is 0.154. The van der Waals surface area contributed by atoms with Gasteiger partial charge in [-0.1, -0.05) is 128 Å². The lowest BCUT2D eigenvalue weighted by Gasteiger charge is -2.36. The van der Waals surface area contributed by atoms with Gasteiger partial charge in [-0.15, -0.1) is 0 Å². The smallest absolute Gasteiger partial charge is 0.270 e. The summed E-state index contributed by atoms with van der Waals surface area (Å²) in [6.45, 7) is 0. The molecule has 1 aliphatic rings. The number of carbonyl (C=O) groups is 1. The van der Waals surface area contributed by atoms with Crippen LogP contribution in [0.1, 0.15) is 36.2 Å². The fourth-order valence-corrected chi connectivity index (χ4v) is 9.92. The van der Waals surface area contributed by atoms with E-state index in [4.69, 9.17) is 4.98 Å². The molecular weight excluding hydrogens is 683 g/mol. The average Bonchev–Trinajstić information content (AvgIpc) is 3.24. The minimum Gasteiger partial charge on any atom is -0.346 e. The van der Waals surface area contributed by atoms with Crippen LogP contribution < -0.4 is 5.32 Å². The molecule has 0 unspecified atom stereocenters. The van der Waals surface area contributed by atoms with Gasteiger partial charge in [0.15, 0.2) is 0 Å². The van der Waals surface area contributed by atoms with Crippen LogP contribution >= 0.6 is 0 Å². The molecule has 10 aromatic rings. The number of hydrogen-bond acceptors (Lipinski definition) is 3. The highest BCUT2D eigenvalue weighted by Crippen LogP contribution is 2.44. The summed E-state index contributed by atoms with van der Waals surface area (Å²) in [5.74, 6) is -0.105. The maximum atomic E-state index is 13.6. The molecule has 1 heterocycles. The molecule has 1 aliphatic carbocycles. The van der Waals surface area contributed by atoms with Crippen LogP contribution in [0.5, 0.6) is 0 Å². The highest BCUT2D eigenvalue weighted by atomic mass is 16.2. The van der Waals surface area contributed by atoms with Crippen molar-refractivity contribution in [3.8, 4) is 33.4 Å². The van der Waals surface area contributed by atoms with E-state index in [1.165, 1.54) is 82.2 Å². The van der Waals surface area contributed by atoms with Gasteiger partial charge in [-0.25, -0.2) is 0 Å². The maximum Gasteiger partial charge on any atom is 0.270 e. The molecule has 9 aromatic carbocycles. The SMILES string of the molecule is CN(C)[C@H]1CCCC[C@@H]1NC(=O)c1ccc(-c2cc(-c3ccc4ccc5cccc6ccc3c4c56)cc(-c3ccc4ccc5cccc6ccc3c4c56)c2)cn1. The first kappa shape index (κ1) is 33.0. The summed E-state index contributed by atoms with van der Waals surface area (Å²) in [7, 11) is 4.21. The zero-order valence-corrected chi connectivity index (χ0v) is 31.6. The van der Waals surface area contributed by atoms with Crippen LogP contribution in [0.25, 0.3) is 98.0 Å². The standard InChI is InChI=1S/C52H41N3O/c1-55(2)47-12-4-3-11-45(47)54-52(56)46-26-21-37(30-53-46)38-27-39(41-22-17-35-15-13-31-7-5-9-33-19-24-43(41)50(35)48(31)33)29-40(28-38)42-23-18-36-16-14-32-8-6-10-34-20-25-44(42)51(36)49(32)34/h5-10,13-30,45,47H,3-4,11-12H2,1-2H3,(H,54,56)/t45-,47-/m0/s1. The van der Waals surface area contributed by atoms with Crippen LogP contribution in [0, 0.1) is 0 Å². The van der Waals surface area contributed by atoms with E-state index < -0.39 is 0 Å². The molecule has 1 amide bonds. The molecule has 4 heteroatoms. The lowest BCUT2D eigenvalue weighted by Crippen LogP contribution is -2.51. The topological polar surface area (TPSA) is 45.2 Å². The van der Waals surface area contributed by atoms with Crippen molar-refractivity contribution in [2.45, 2.75) is 37.8 Å². The monoisotopic (exact) mass is 723 g/mol. The molecule has 0 bridgehead atoms. The first-order valence-corrected chi connectivity index (χ1v) is 19.9. The fourth-order valence-electron chi connectivity index (χ4n) is 9.92. The normalized spacial score (nSPS) is 16.3. The predicted octanol–water partition coefficient (Wildman–Crippen LogP) is 12.5. The summed E-state index contributed by atoms with van der Waals surface area (Å²) in [5, 5.41) is 18.6. The minimum absolute atomic E-state index is 0.105. The van der Waals surface area contributed by atoms with Gasteiger partial charge in [-0.3, -0.25) is 9.78 Å². The van der Waals surface area contributed by atoms with Crippen molar-refractivity contribution in [1.29, 1.82) is 0 Å². The second-order valence-corrected chi connectivity index (χ2v) is 16.1. The van der Waals surface area contributed by atoms with Gasteiger partial charge in [0.2, 0.25) is 0 Å². The van der Waals surface area contributed by atoms with Crippen LogP contribution in [0.4, 0.5) is 0 Å². The van der Waals surface area contributed by atoms with Crippen molar-refractivity contribution < 1.29 is 4.79 Å². The third-order valence-electron chi connectivity index (χ3n) is 12.7. The number of amides is 1. The number of hydrogen-bond donors (Lipinski definition) is 1. The Labute approximate surface area is 326 Å². The maximum absolute atomic E-state index is 13.6. The van der Waals surface area contributed by atoms with Crippen molar-refractivity contribution in [2.24, 2.45) is 0 Å². The van der Waals surface area contributed by atoms with Crippen molar-refractivity contribution in [3.05, 3.63) is 151 Å². The van der Waals surface area contributed by atoms with E-state index in [9.17, 15) is 4.79 Å². The van der Waals surface area contributed by atoms with Gasteiger partial charge in [0, 0.05) is 23.8 Å². The second kappa shape index (κ2) is 12.9. The zero-order valence-electron chi connectivity index (χ0n) is 31.6. The predicted molar refractivity (Wildman–Crippen MR) is 235 cm³/mol. The lowest BCUT2D eigenvalue weighted by atomic mass is 9.86. The Kier molecular flexibility index (Phi) is 7.58. The van der Waals surface area contributed by atoms with E-state index >= 15 is 0 Å². The van der Waals surface area contributed by atoms with E-state index in [2.05, 4.69) is 158 Å². The first-order valence-electron chi connectivity index (χ1n) is 19.9. The Balaban J connectivity index is 1.08. The van der Waals surface area contributed by atoms with Crippen LogP contribution in [0.3, 0.4) is 0 Å². The van der Waals surface area contributed by atoms with Gasteiger partial charge in [0.05, 0.1) is 0 Å². The third kappa shape index (κ3) is 5.24. The summed E-state index contributed by atoms with van der Waals surface area (Å²) >= 11 is 0. The Bertz CT molecular complexity index is 2930. The van der Waals surface area contributed by atoms with Crippen molar-refractivity contribution in [1.82, 2.24) is 15.2 Å². The number of pyridine rings is 1. The number of nitrogens with one attached hydrogen (secondary N) is 1. The van der Waals surface area contributed by atoms with Crippen LogP contribution in [-0.2, 0) is 0 Å². The van der Waals surface area contributed by atoms with Gasteiger partial charge in [0.25, 0.3) is 5.91 Å². The number of aromatic nitrogens is 1. The van der Waals surface area contributed by atoms with E-state index in [0.29, 0.717) is 11.7 Å². The van der Waals surface area contributed by atoms with Gasteiger partial charge >= 0.3 is 0 Å². The number of likely N-dealkylation sites (N-methyl/N-ethyl adjacent to an activating group) is 1. The Morgan fingerprint density at radius 3 is 1.54 bits per heavy atom. The Morgan fingerprint density at radius 2 is 1.02 bits per heavy atom. The minimum atomic E-state index is -0.105. The molecule has 0 saturated heterocycles. The van der Waals surface area contributed by atoms with Gasteiger partial charge in [0.1, 0.15) is 5.69 Å².